The van der Waals surface area contributed by atoms with Crippen LogP contribution in [0.1, 0.15) is 18.1 Å². The lowest BCUT2D eigenvalue weighted by Gasteiger charge is -2.08. The maximum absolute atomic E-state index is 5.46. The van der Waals surface area contributed by atoms with Gasteiger partial charge in [0, 0.05) is 6.54 Å². The highest BCUT2D eigenvalue weighted by Gasteiger charge is 1.99. The van der Waals surface area contributed by atoms with Crippen LogP contribution >= 0.6 is 0 Å². The Balaban J connectivity index is 2.73. The quantitative estimate of drug-likeness (QED) is 0.766. The lowest BCUT2D eigenvalue weighted by Crippen LogP contribution is -2.11. The number of hydrogen-bond acceptors (Lipinski definition) is 2. The predicted octanol–water partition coefficient (Wildman–Crippen LogP) is 1.89. The molecule has 0 aliphatic rings. The first-order valence-electron chi connectivity index (χ1n) is 4.70. The summed E-state index contributed by atoms with van der Waals surface area (Å²) in [4.78, 5) is 0. The Kier molecular flexibility index (Phi) is 3.77. The summed E-state index contributed by atoms with van der Waals surface area (Å²) >= 11 is 0. The third-order valence-electron chi connectivity index (χ3n) is 2.02. The van der Waals surface area contributed by atoms with Crippen molar-refractivity contribution in [1.82, 2.24) is 0 Å². The minimum absolute atomic E-state index is 0.564. The smallest absolute Gasteiger partial charge is 0.122 e. The van der Waals surface area contributed by atoms with Crippen LogP contribution in [-0.2, 0) is 6.42 Å². The largest absolute Gasteiger partial charge is 0.492 e. The summed E-state index contributed by atoms with van der Waals surface area (Å²) in [5.74, 6) is 0.947. The molecule has 1 aromatic rings. The maximum Gasteiger partial charge on any atom is 0.122 e. The first-order chi connectivity index (χ1) is 6.27. The summed E-state index contributed by atoms with van der Waals surface area (Å²) in [6.45, 7) is 5.36. The average molecular weight is 179 g/mol. The minimum Gasteiger partial charge on any atom is -0.492 e. The Labute approximate surface area is 79.7 Å². The van der Waals surface area contributed by atoms with Gasteiger partial charge in [0.2, 0.25) is 0 Å². The molecule has 0 radical (unpaired) electrons. The molecule has 0 aromatic heterocycles. The highest BCUT2D eigenvalue weighted by Crippen LogP contribution is 2.18. The van der Waals surface area contributed by atoms with Gasteiger partial charge in [-0.3, -0.25) is 0 Å². The van der Waals surface area contributed by atoms with Crippen LogP contribution in [0.2, 0.25) is 0 Å². The number of hydrogen-bond donors (Lipinski definition) is 1. The van der Waals surface area contributed by atoms with Gasteiger partial charge < -0.3 is 10.5 Å². The highest BCUT2D eigenvalue weighted by atomic mass is 16.5. The molecule has 2 nitrogen and oxygen atoms in total. The highest BCUT2D eigenvalue weighted by molar-refractivity contribution is 5.36. The van der Waals surface area contributed by atoms with Gasteiger partial charge in [0.25, 0.3) is 0 Å². The standard InChI is InChI=1S/C11H17NO/c1-3-10-4-5-11(9(2)8-10)13-7-6-12/h4-5,8H,3,6-7,12H2,1-2H3. The number of nitrogens with two attached hydrogens (primary N) is 1. The summed E-state index contributed by atoms with van der Waals surface area (Å²) in [5, 5.41) is 0. The van der Waals surface area contributed by atoms with Gasteiger partial charge >= 0.3 is 0 Å². The summed E-state index contributed by atoms with van der Waals surface area (Å²) in [5.41, 5.74) is 7.89. The van der Waals surface area contributed by atoms with Crippen LogP contribution in [0.15, 0.2) is 18.2 Å². The van der Waals surface area contributed by atoms with Crippen LogP contribution in [0.5, 0.6) is 5.75 Å². The Morgan fingerprint density at radius 3 is 2.69 bits per heavy atom. The van der Waals surface area contributed by atoms with Crippen molar-refractivity contribution in [2.75, 3.05) is 13.2 Å². The Hall–Kier alpha value is -1.02. The zero-order valence-electron chi connectivity index (χ0n) is 8.34. The van der Waals surface area contributed by atoms with Crippen molar-refractivity contribution in [3.63, 3.8) is 0 Å². The van der Waals surface area contributed by atoms with Gasteiger partial charge in [-0.1, -0.05) is 19.1 Å². The van der Waals surface area contributed by atoms with Crippen LogP contribution < -0.4 is 10.5 Å². The molecule has 0 aliphatic heterocycles. The van der Waals surface area contributed by atoms with Crippen LogP contribution in [0.25, 0.3) is 0 Å². The van der Waals surface area contributed by atoms with E-state index >= 15 is 0 Å². The lowest BCUT2D eigenvalue weighted by atomic mass is 10.1. The van der Waals surface area contributed by atoms with Crippen molar-refractivity contribution >= 4 is 0 Å². The Morgan fingerprint density at radius 1 is 1.38 bits per heavy atom. The molecule has 0 spiro atoms. The molecule has 2 N–H and O–H groups in total. The minimum atomic E-state index is 0.564. The van der Waals surface area contributed by atoms with Crippen molar-refractivity contribution in [1.29, 1.82) is 0 Å². The SMILES string of the molecule is CCc1ccc(OCCN)c(C)c1. The topological polar surface area (TPSA) is 35.2 Å². The van der Waals surface area contributed by atoms with E-state index in [9.17, 15) is 0 Å². The summed E-state index contributed by atoms with van der Waals surface area (Å²) in [6, 6.07) is 6.27. The molecule has 0 unspecified atom stereocenters. The molecule has 0 heterocycles. The predicted molar refractivity (Wildman–Crippen MR) is 55.1 cm³/mol. The normalized spacial score (nSPS) is 10.1. The van der Waals surface area contributed by atoms with Gasteiger partial charge in [-0.05, 0) is 30.5 Å². The summed E-state index contributed by atoms with van der Waals surface area (Å²) < 4.78 is 5.46. The van der Waals surface area contributed by atoms with Crippen LogP contribution in [0, 0.1) is 6.92 Å². The van der Waals surface area contributed by atoms with Crippen molar-refractivity contribution < 1.29 is 4.74 Å². The number of ether oxygens (including phenoxy) is 1. The molecule has 0 saturated heterocycles. The first-order valence-corrected chi connectivity index (χ1v) is 4.70. The second kappa shape index (κ2) is 4.87. The van der Waals surface area contributed by atoms with E-state index in [1.807, 2.05) is 6.07 Å². The van der Waals surface area contributed by atoms with E-state index in [1.54, 1.807) is 0 Å². The molecular weight excluding hydrogens is 162 g/mol. The molecule has 2 heteroatoms. The number of benzene rings is 1. The monoisotopic (exact) mass is 179 g/mol. The van der Waals surface area contributed by atoms with Gasteiger partial charge in [0.05, 0.1) is 0 Å². The molecule has 1 rings (SSSR count). The van der Waals surface area contributed by atoms with Crippen LogP contribution in [-0.4, -0.2) is 13.2 Å². The fourth-order valence-electron chi connectivity index (χ4n) is 1.26. The average Bonchev–Trinajstić information content (AvgIpc) is 2.16. The molecule has 0 bridgehead atoms. The zero-order chi connectivity index (χ0) is 9.68. The van der Waals surface area contributed by atoms with Gasteiger partial charge in [0.1, 0.15) is 12.4 Å². The summed E-state index contributed by atoms with van der Waals surface area (Å²) in [7, 11) is 0. The van der Waals surface area contributed by atoms with Gasteiger partial charge in [-0.2, -0.15) is 0 Å². The fourth-order valence-corrected chi connectivity index (χ4v) is 1.26. The number of rotatable bonds is 4. The van der Waals surface area contributed by atoms with Crippen LogP contribution in [0.3, 0.4) is 0 Å². The molecule has 0 saturated carbocycles. The third-order valence-corrected chi connectivity index (χ3v) is 2.02. The van der Waals surface area contributed by atoms with Crippen molar-refractivity contribution in [3.05, 3.63) is 29.3 Å². The van der Waals surface area contributed by atoms with E-state index in [2.05, 4.69) is 26.0 Å². The lowest BCUT2D eigenvalue weighted by molar-refractivity contribution is 0.326. The second-order valence-electron chi connectivity index (χ2n) is 3.09. The number of aryl methyl sites for hydroxylation is 2. The van der Waals surface area contributed by atoms with Crippen molar-refractivity contribution in [3.8, 4) is 5.75 Å². The molecule has 1 aromatic carbocycles. The van der Waals surface area contributed by atoms with Gasteiger partial charge in [0.15, 0.2) is 0 Å². The van der Waals surface area contributed by atoms with Crippen LogP contribution in [0.4, 0.5) is 0 Å². The fraction of sp³-hybridized carbons (Fsp3) is 0.455. The van der Waals surface area contributed by atoms with Gasteiger partial charge in [-0.25, -0.2) is 0 Å². The van der Waals surface area contributed by atoms with E-state index in [-0.39, 0.29) is 0 Å². The Morgan fingerprint density at radius 2 is 2.15 bits per heavy atom. The van der Waals surface area contributed by atoms with E-state index in [0.717, 1.165) is 12.2 Å². The molecule has 0 amide bonds. The first kappa shape index (κ1) is 10.1. The van der Waals surface area contributed by atoms with Crippen molar-refractivity contribution in [2.45, 2.75) is 20.3 Å². The van der Waals surface area contributed by atoms with Gasteiger partial charge in [-0.15, -0.1) is 0 Å². The molecule has 0 atom stereocenters. The Bertz CT molecular complexity index is 271. The van der Waals surface area contributed by atoms with E-state index in [4.69, 9.17) is 10.5 Å². The third kappa shape index (κ3) is 2.74. The molecule has 0 fully saturated rings. The van der Waals surface area contributed by atoms with E-state index < -0.39 is 0 Å². The zero-order valence-corrected chi connectivity index (χ0v) is 8.34. The molecule has 13 heavy (non-hydrogen) atoms. The molecular formula is C11H17NO. The van der Waals surface area contributed by atoms with E-state index in [0.29, 0.717) is 13.2 Å². The van der Waals surface area contributed by atoms with E-state index in [1.165, 1.54) is 11.1 Å². The van der Waals surface area contributed by atoms with Crippen molar-refractivity contribution in [2.24, 2.45) is 5.73 Å². The second-order valence-corrected chi connectivity index (χ2v) is 3.09. The summed E-state index contributed by atoms with van der Waals surface area (Å²) in [6.07, 6.45) is 1.07. The maximum atomic E-state index is 5.46. The molecule has 72 valence electrons. The molecule has 0 aliphatic carbocycles.